The van der Waals surface area contributed by atoms with Gasteiger partial charge in [-0.05, 0) is 34.4 Å². The van der Waals surface area contributed by atoms with Gasteiger partial charge in [-0.2, -0.15) is 0 Å². The average Bonchev–Trinajstić information content (AvgIpc) is 3.14. The van der Waals surface area contributed by atoms with Crippen molar-refractivity contribution >= 4 is 17.7 Å². The van der Waals surface area contributed by atoms with Crippen molar-refractivity contribution in [3.05, 3.63) is 90.3 Å². The van der Waals surface area contributed by atoms with Crippen LogP contribution >= 0.6 is 0 Å². The molecule has 0 radical (unpaired) electrons. The van der Waals surface area contributed by atoms with Gasteiger partial charge in [-0.25, -0.2) is 0 Å². The van der Waals surface area contributed by atoms with Crippen molar-refractivity contribution in [3.63, 3.8) is 0 Å². The Kier molecular flexibility index (Phi) is 6.65. The van der Waals surface area contributed by atoms with E-state index >= 15 is 0 Å². The van der Waals surface area contributed by atoms with Crippen molar-refractivity contribution < 1.29 is 14.4 Å². The number of carbonyl (C=O) groups is 3. The van der Waals surface area contributed by atoms with Crippen LogP contribution in [-0.4, -0.2) is 70.6 Å². The molecule has 36 heavy (non-hydrogen) atoms. The molecule has 0 aliphatic carbocycles. The molecule has 0 spiro atoms. The molecule has 7 nitrogen and oxygen atoms in total. The maximum Gasteiger partial charge on any atom is 0.240 e. The van der Waals surface area contributed by atoms with Crippen molar-refractivity contribution in [1.82, 2.24) is 19.7 Å². The Morgan fingerprint density at radius 3 is 2.11 bits per heavy atom. The minimum atomic E-state index is -1.16. The van der Waals surface area contributed by atoms with Crippen LogP contribution in [0.5, 0.6) is 0 Å². The van der Waals surface area contributed by atoms with Crippen molar-refractivity contribution in [2.24, 2.45) is 0 Å². The minimum Gasteiger partial charge on any atom is -0.340 e. The zero-order valence-corrected chi connectivity index (χ0v) is 20.5. The summed E-state index contributed by atoms with van der Waals surface area (Å²) in [4.78, 5) is 48.8. The van der Waals surface area contributed by atoms with Gasteiger partial charge in [0.1, 0.15) is 0 Å². The standard InChI is InChI=1S/C29H30N4O3/c1-31-26(34)19-29(28(31)36,25-9-7-24(8-10-25)23-5-3-2-4-6-23)20-27(35)33-17-15-32(16-18-33)21-22-11-13-30-14-12-22/h2-14H,15-21H2,1H3. The molecule has 1 aromatic heterocycles. The van der Waals surface area contributed by atoms with Crippen molar-refractivity contribution in [1.29, 1.82) is 0 Å². The number of likely N-dealkylation sites (tertiary alicyclic amines) is 1. The first-order chi connectivity index (χ1) is 17.5. The number of carbonyl (C=O) groups excluding carboxylic acids is 3. The number of imide groups is 1. The van der Waals surface area contributed by atoms with Crippen LogP contribution in [0.4, 0.5) is 0 Å². The van der Waals surface area contributed by atoms with E-state index in [1.165, 1.54) is 17.5 Å². The maximum atomic E-state index is 13.5. The highest BCUT2D eigenvalue weighted by atomic mass is 16.2. The third-order valence-corrected chi connectivity index (χ3v) is 7.42. The fourth-order valence-electron chi connectivity index (χ4n) is 5.24. The van der Waals surface area contributed by atoms with Crippen molar-refractivity contribution in [2.45, 2.75) is 24.8 Å². The summed E-state index contributed by atoms with van der Waals surface area (Å²) in [5.41, 5.74) is 2.85. The molecule has 0 bridgehead atoms. The van der Waals surface area contributed by atoms with Gasteiger partial charge in [0.05, 0.1) is 5.41 Å². The number of pyridine rings is 1. The molecule has 5 rings (SSSR count). The van der Waals surface area contributed by atoms with E-state index in [0.29, 0.717) is 13.1 Å². The van der Waals surface area contributed by atoms with E-state index in [1.807, 2.05) is 71.6 Å². The van der Waals surface area contributed by atoms with Gasteiger partial charge in [0.25, 0.3) is 0 Å². The van der Waals surface area contributed by atoms with E-state index in [1.54, 1.807) is 12.4 Å². The molecule has 3 aromatic rings. The molecule has 2 aliphatic rings. The van der Waals surface area contributed by atoms with Gasteiger partial charge < -0.3 is 4.90 Å². The molecule has 7 heteroatoms. The Labute approximate surface area is 211 Å². The highest BCUT2D eigenvalue weighted by molar-refractivity contribution is 6.10. The Bertz CT molecular complexity index is 1240. The number of aromatic nitrogens is 1. The Morgan fingerprint density at radius 2 is 1.50 bits per heavy atom. The van der Waals surface area contributed by atoms with Crippen LogP contribution < -0.4 is 0 Å². The monoisotopic (exact) mass is 482 g/mol. The highest BCUT2D eigenvalue weighted by Gasteiger charge is 2.53. The molecule has 0 N–H and O–H groups in total. The lowest BCUT2D eigenvalue weighted by molar-refractivity contribution is -0.142. The van der Waals surface area contributed by atoms with Crippen LogP contribution in [0.3, 0.4) is 0 Å². The normalized spacial score (nSPS) is 20.7. The summed E-state index contributed by atoms with van der Waals surface area (Å²) in [6, 6.07) is 21.7. The van der Waals surface area contributed by atoms with E-state index in [-0.39, 0.29) is 30.6 Å². The third kappa shape index (κ3) is 4.66. The summed E-state index contributed by atoms with van der Waals surface area (Å²) >= 11 is 0. The minimum absolute atomic E-state index is 0.00302. The Hall–Kier alpha value is -3.84. The quantitative estimate of drug-likeness (QED) is 0.505. The predicted octanol–water partition coefficient (Wildman–Crippen LogP) is 3.11. The smallest absolute Gasteiger partial charge is 0.240 e. The number of amides is 3. The van der Waals surface area contributed by atoms with Gasteiger partial charge in [-0.1, -0.05) is 54.6 Å². The summed E-state index contributed by atoms with van der Waals surface area (Å²) in [5, 5.41) is 0. The van der Waals surface area contributed by atoms with Crippen LogP contribution in [0.1, 0.15) is 24.0 Å². The van der Waals surface area contributed by atoms with Crippen LogP contribution in [0.25, 0.3) is 11.1 Å². The number of rotatable bonds is 6. The summed E-state index contributed by atoms with van der Waals surface area (Å²) in [6.45, 7) is 3.55. The molecule has 0 saturated carbocycles. The van der Waals surface area contributed by atoms with E-state index in [4.69, 9.17) is 0 Å². The SMILES string of the molecule is CN1C(=O)CC(CC(=O)N2CCN(Cc3ccncc3)CC2)(c2ccc(-c3ccccc3)cc2)C1=O. The van der Waals surface area contributed by atoms with E-state index < -0.39 is 5.41 Å². The van der Waals surface area contributed by atoms with Crippen LogP contribution in [-0.2, 0) is 26.3 Å². The molecule has 184 valence electrons. The fourth-order valence-corrected chi connectivity index (χ4v) is 5.24. The molecule has 3 heterocycles. The van der Waals surface area contributed by atoms with Gasteiger partial charge in [-0.15, -0.1) is 0 Å². The van der Waals surface area contributed by atoms with Gasteiger partial charge in [0, 0.05) is 65.0 Å². The second-order valence-electron chi connectivity index (χ2n) is 9.65. The second-order valence-corrected chi connectivity index (χ2v) is 9.65. The Morgan fingerprint density at radius 1 is 0.861 bits per heavy atom. The number of hydrogen-bond acceptors (Lipinski definition) is 5. The molecule has 1 atom stereocenters. The fraction of sp³-hybridized carbons (Fsp3) is 0.310. The molecule has 3 amide bonds. The largest absolute Gasteiger partial charge is 0.340 e. The van der Waals surface area contributed by atoms with Crippen molar-refractivity contribution in [3.8, 4) is 11.1 Å². The van der Waals surface area contributed by atoms with Gasteiger partial charge in [-0.3, -0.25) is 29.2 Å². The van der Waals surface area contributed by atoms with Crippen LogP contribution in [0.15, 0.2) is 79.1 Å². The summed E-state index contributed by atoms with van der Waals surface area (Å²) in [5.74, 6) is -0.631. The first kappa shape index (κ1) is 23.9. The number of nitrogens with zero attached hydrogens (tertiary/aromatic N) is 4. The first-order valence-electron chi connectivity index (χ1n) is 12.3. The first-order valence-corrected chi connectivity index (χ1v) is 12.3. The van der Waals surface area contributed by atoms with E-state index in [0.717, 1.165) is 36.3 Å². The molecular weight excluding hydrogens is 452 g/mol. The zero-order chi connectivity index (χ0) is 25.1. The summed E-state index contributed by atoms with van der Waals surface area (Å²) in [7, 11) is 1.51. The summed E-state index contributed by atoms with van der Waals surface area (Å²) < 4.78 is 0. The topological polar surface area (TPSA) is 73.8 Å². The van der Waals surface area contributed by atoms with Gasteiger partial charge in [0.15, 0.2) is 0 Å². The lowest BCUT2D eigenvalue weighted by Gasteiger charge is -2.36. The van der Waals surface area contributed by atoms with Crippen LogP contribution in [0, 0.1) is 0 Å². The van der Waals surface area contributed by atoms with E-state index in [9.17, 15) is 14.4 Å². The molecular formula is C29H30N4O3. The maximum absolute atomic E-state index is 13.5. The summed E-state index contributed by atoms with van der Waals surface area (Å²) in [6.07, 6.45) is 3.59. The second kappa shape index (κ2) is 10.0. The van der Waals surface area contributed by atoms with Gasteiger partial charge >= 0.3 is 0 Å². The van der Waals surface area contributed by atoms with Gasteiger partial charge in [0.2, 0.25) is 17.7 Å². The molecule has 2 aliphatic heterocycles. The Balaban J connectivity index is 1.32. The van der Waals surface area contributed by atoms with Crippen LogP contribution in [0.2, 0.25) is 0 Å². The van der Waals surface area contributed by atoms with Crippen molar-refractivity contribution in [2.75, 3.05) is 33.2 Å². The number of hydrogen-bond donors (Lipinski definition) is 0. The number of piperazine rings is 1. The predicted molar refractivity (Wildman–Crippen MR) is 137 cm³/mol. The zero-order valence-electron chi connectivity index (χ0n) is 20.5. The molecule has 1 unspecified atom stereocenters. The third-order valence-electron chi connectivity index (χ3n) is 7.42. The van der Waals surface area contributed by atoms with E-state index in [2.05, 4.69) is 9.88 Å². The molecule has 2 saturated heterocycles. The number of benzene rings is 2. The highest BCUT2D eigenvalue weighted by Crippen LogP contribution is 2.40. The molecule has 2 fully saturated rings. The number of likely N-dealkylation sites (N-methyl/N-ethyl adjacent to an activating group) is 1. The molecule has 2 aromatic carbocycles. The lowest BCUT2D eigenvalue weighted by Crippen LogP contribution is -2.50. The average molecular weight is 483 g/mol. The lowest BCUT2D eigenvalue weighted by atomic mass is 9.75.